The highest BCUT2D eigenvalue weighted by molar-refractivity contribution is 6.01. The van der Waals surface area contributed by atoms with Crippen molar-refractivity contribution in [2.24, 2.45) is 10.7 Å². The Bertz CT molecular complexity index is 668. The van der Waals surface area contributed by atoms with Gasteiger partial charge in [-0.25, -0.2) is 4.99 Å². The molecule has 0 unspecified atom stereocenters. The van der Waals surface area contributed by atoms with E-state index in [0.717, 1.165) is 11.3 Å². The predicted molar refractivity (Wildman–Crippen MR) is 75.9 cm³/mol. The van der Waals surface area contributed by atoms with Gasteiger partial charge in [-0.2, -0.15) is 0 Å². The van der Waals surface area contributed by atoms with Crippen LogP contribution in [-0.2, 0) is 0 Å². The summed E-state index contributed by atoms with van der Waals surface area (Å²) in [5, 5.41) is 0. The van der Waals surface area contributed by atoms with Gasteiger partial charge >= 0.3 is 0 Å². The molecule has 1 aliphatic heterocycles. The van der Waals surface area contributed by atoms with Gasteiger partial charge in [0.05, 0.1) is 18.4 Å². The standard InChI is InChI=1S/C15H14N2O3/c1-18-12-5-3-2-4-11(12)15(16)17-10-6-7-13-14(8-10)20-9-19-13/h2-8H,9H2,1H3,(H2,16,17). The number of fused-ring (bicyclic) bond motifs is 1. The van der Waals surface area contributed by atoms with Crippen LogP contribution in [0.25, 0.3) is 0 Å². The van der Waals surface area contributed by atoms with E-state index in [1.54, 1.807) is 13.2 Å². The fraction of sp³-hybridized carbons (Fsp3) is 0.133. The molecule has 0 aliphatic carbocycles. The van der Waals surface area contributed by atoms with E-state index in [1.807, 2.05) is 36.4 Å². The zero-order valence-electron chi connectivity index (χ0n) is 11.0. The first kappa shape index (κ1) is 12.3. The Morgan fingerprint density at radius 3 is 2.80 bits per heavy atom. The largest absolute Gasteiger partial charge is 0.496 e. The van der Waals surface area contributed by atoms with Gasteiger partial charge in [0.25, 0.3) is 0 Å². The monoisotopic (exact) mass is 270 g/mol. The lowest BCUT2D eigenvalue weighted by atomic mass is 10.2. The number of hydrogen-bond donors (Lipinski definition) is 1. The predicted octanol–water partition coefficient (Wildman–Crippen LogP) is 2.46. The summed E-state index contributed by atoms with van der Waals surface area (Å²) in [6, 6.07) is 12.9. The van der Waals surface area contributed by atoms with Crippen LogP contribution >= 0.6 is 0 Å². The number of nitrogens with two attached hydrogens (primary N) is 1. The third kappa shape index (κ3) is 2.25. The lowest BCUT2D eigenvalue weighted by molar-refractivity contribution is 0.174. The maximum absolute atomic E-state index is 6.05. The number of ether oxygens (including phenoxy) is 3. The van der Waals surface area contributed by atoms with Crippen molar-refractivity contribution in [3.05, 3.63) is 48.0 Å². The summed E-state index contributed by atoms with van der Waals surface area (Å²) in [7, 11) is 1.60. The zero-order chi connectivity index (χ0) is 13.9. The third-order valence-electron chi connectivity index (χ3n) is 2.99. The number of hydrogen-bond acceptors (Lipinski definition) is 4. The minimum atomic E-state index is 0.241. The topological polar surface area (TPSA) is 66.1 Å². The number of nitrogens with zero attached hydrogens (tertiary/aromatic N) is 1. The van der Waals surface area contributed by atoms with Crippen LogP contribution in [0.5, 0.6) is 17.2 Å². The molecular weight excluding hydrogens is 256 g/mol. The fourth-order valence-corrected chi connectivity index (χ4v) is 2.01. The molecular formula is C15H14N2O3. The van der Waals surface area contributed by atoms with E-state index in [2.05, 4.69) is 4.99 Å². The van der Waals surface area contributed by atoms with Crippen LogP contribution in [0.2, 0.25) is 0 Å². The van der Waals surface area contributed by atoms with Crippen LogP contribution in [0.1, 0.15) is 5.56 Å². The van der Waals surface area contributed by atoms with Gasteiger partial charge in [-0.3, -0.25) is 0 Å². The Morgan fingerprint density at radius 1 is 1.15 bits per heavy atom. The van der Waals surface area contributed by atoms with Crippen LogP contribution in [0, 0.1) is 0 Å². The van der Waals surface area contributed by atoms with Crippen LogP contribution in [0.3, 0.4) is 0 Å². The van der Waals surface area contributed by atoms with Crippen molar-refractivity contribution < 1.29 is 14.2 Å². The van der Waals surface area contributed by atoms with E-state index >= 15 is 0 Å². The van der Waals surface area contributed by atoms with Crippen LogP contribution < -0.4 is 19.9 Å². The molecule has 0 saturated carbocycles. The first-order valence-corrected chi connectivity index (χ1v) is 6.15. The molecule has 2 N–H and O–H groups in total. The minimum absolute atomic E-state index is 0.241. The second-order valence-electron chi connectivity index (χ2n) is 4.23. The number of rotatable bonds is 3. The Morgan fingerprint density at radius 2 is 1.95 bits per heavy atom. The molecule has 20 heavy (non-hydrogen) atoms. The zero-order valence-corrected chi connectivity index (χ0v) is 11.0. The average molecular weight is 270 g/mol. The molecule has 102 valence electrons. The van der Waals surface area contributed by atoms with Crippen molar-refractivity contribution in [2.45, 2.75) is 0 Å². The summed E-state index contributed by atoms with van der Waals surface area (Å²) in [5.74, 6) is 2.48. The van der Waals surface area contributed by atoms with Gasteiger partial charge in [-0.05, 0) is 24.3 Å². The molecule has 0 aromatic heterocycles. The van der Waals surface area contributed by atoms with E-state index in [1.165, 1.54) is 0 Å². The molecule has 0 spiro atoms. The molecule has 1 heterocycles. The highest BCUT2D eigenvalue weighted by Gasteiger charge is 2.13. The van der Waals surface area contributed by atoms with Gasteiger partial charge in [0, 0.05) is 6.07 Å². The lowest BCUT2D eigenvalue weighted by Crippen LogP contribution is -2.13. The van der Waals surface area contributed by atoms with Gasteiger partial charge in [0.15, 0.2) is 11.5 Å². The van der Waals surface area contributed by atoms with Crippen LogP contribution in [0.15, 0.2) is 47.5 Å². The SMILES string of the molecule is COc1ccccc1C(N)=Nc1ccc2c(c1)OCO2. The van der Waals surface area contributed by atoms with Crippen molar-refractivity contribution in [3.63, 3.8) is 0 Å². The summed E-state index contributed by atoms with van der Waals surface area (Å²) in [6.45, 7) is 0.241. The molecule has 1 aliphatic rings. The second kappa shape index (κ2) is 5.13. The molecule has 0 amide bonds. The Labute approximate surface area is 116 Å². The molecule has 5 heteroatoms. The Kier molecular flexibility index (Phi) is 3.16. The molecule has 5 nitrogen and oxygen atoms in total. The number of benzene rings is 2. The fourth-order valence-electron chi connectivity index (χ4n) is 2.01. The number of methoxy groups -OCH3 is 1. The summed E-state index contributed by atoms with van der Waals surface area (Å²) in [4.78, 5) is 4.39. The normalized spacial score (nSPS) is 13.3. The van der Waals surface area contributed by atoms with Gasteiger partial charge in [-0.1, -0.05) is 12.1 Å². The summed E-state index contributed by atoms with van der Waals surface area (Å²) < 4.78 is 15.8. The third-order valence-corrected chi connectivity index (χ3v) is 2.99. The van der Waals surface area contributed by atoms with E-state index in [9.17, 15) is 0 Å². The molecule has 2 aromatic carbocycles. The number of amidine groups is 1. The summed E-state index contributed by atoms with van der Waals surface area (Å²) in [6.07, 6.45) is 0. The molecule has 0 fully saturated rings. The average Bonchev–Trinajstić information content (AvgIpc) is 2.94. The van der Waals surface area contributed by atoms with E-state index < -0.39 is 0 Å². The molecule has 0 bridgehead atoms. The minimum Gasteiger partial charge on any atom is -0.496 e. The van der Waals surface area contributed by atoms with E-state index in [-0.39, 0.29) is 6.79 Å². The Balaban J connectivity index is 1.95. The van der Waals surface area contributed by atoms with Crippen molar-refractivity contribution in [3.8, 4) is 17.2 Å². The van der Waals surface area contributed by atoms with Gasteiger partial charge in [-0.15, -0.1) is 0 Å². The van der Waals surface area contributed by atoms with E-state index in [4.69, 9.17) is 19.9 Å². The van der Waals surface area contributed by atoms with Crippen molar-refractivity contribution in [2.75, 3.05) is 13.9 Å². The quantitative estimate of drug-likeness (QED) is 0.687. The van der Waals surface area contributed by atoms with Crippen molar-refractivity contribution >= 4 is 11.5 Å². The molecule has 2 aromatic rings. The summed E-state index contributed by atoms with van der Waals surface area (Å²) in [5.41, 5.74) is 7.51. The molecule has 0 radical (unpaired) electrons. The Hall–Kier alpha value is -2.69. The highest BCUT2D eigenvalue weighted by Crippen LogP contribution is 2.35. The van der Waals surface area contributed by atoms with Crippen molar-refractivity contribution in [1.29, 1.82) is 0 Å². The highest BCUT2D eigenvalue weighted by atomic mass is 16.7. The van der Waals surface area contributed by atoms with Crippen molar-refractivity contribution in [1.82, 2.24) is 0 Å². The van der Waals surface area contributed by atoms with Crippen LogP contribution in [-0.4, -0.2) is 19.7 Å². The van der Waals surface area contributed by atoms with E-state index in [0.29, 0.717) is 23.0 Å². The number of para-hydroxylation sites is 1. The summed E-state index contributed by atoms with van der Waals surface area (Å²) >= 11 is 0. The molecule has 0 atom stereocenters. The van der Waals surface area contributed by atoms with Crippen LogP contribution in [0.4, 0.5) is 5.69 Å². The first-order valence-electron chi connectivity index (χ1n) is 6.15. The maximum atomic E-state index is 6.05. The first-order chi connectivity index (χ1) is 9.78. The smallest absolute Gasteiger partial charge is 0.231 e. The molecule has 3 rings (SSSR count). The lowest BCUT2D eigenvalue weighted by Gasteiger charge is -2.07. The number of aliphatic imine (C=N–C) groups is 1. The van der Waals surface area contributed by atoms with Gasteiger partial charge in [0.1, 0.15) is 11.6 Å². The van der Waals surface area contributed by atoms with Gasteiger partial charge < -0.3 is 19.9 Å². The van der Waals surface area contributed by atoms with Gasteiger partial charge in [0.2, 0.25) is 6.79 Å². The maximum Gasteiger partial charge on any atom is 0.231 e. The second-order valence-corrected chi connectivity index (χ2v) is 4.23. The molecule has 0 saturated heterocycles.